The summed E-state index contributed by atoms with van der Waals surface area (Å²) in [5.41, 5.74) is 2.38. The summed E-state index contributed by atoms with van der Waals surface area (Å²) in [5.74, 6) is 1.70. The van der Waals surface area contributed by atoms with Gasteiger partial charge in [0.1, 0.15) is 5.82 Å². The summed E-state index contributed by atoms with van der Waals surface area (Å²) in [6.45, 7) is 5.33. The molecule has 158 valence electrons. The average Bonchev–Trinajstić information content (AvgIpc) is 3.15. The SMILES string of the molecule is CCNC(=NCc1cccc(N(C)C)c1)NC1CCN(c2ncccc2Cl)C1.I. The molecule has 0 radical (unpaired) electrons. The molecule has 1 aliphatic heterocycles. The number of hydrogen-bond acceptors (Lipinski definition) is 4. The van der Waals surface area contributed by atoms with Gasteiger partial charge in [-0.25, -0.2) is 9.98 Å². The molecule has 2 aromatic rings. The van der Waals surface area contributed by atoms with Gasteiger partial charge in [-0.05, 0) is 43.2 Å². The first kappa shape index (κ1) is 23.5. The van der Waals surface area contributed by atoms with Gasteiger partial charge in [-0.3, -0.25) is 0 Å². The lowest BCUT2D eigenvalue weighted by Gasteiger charge is -2.20. The van der Waals surface area contributed by atoms with Crippen molar-refractivity contribution in [2.24, 2.45) is 4.99 Å². The Balaban J connectivity index is 0.00000300. The normalized spacial score (nSPS) is 16.3. The number of rotatable bonds is 6. The average molecular weight is 529 g/mol. The second-order valence-electron chi connectivity index (χ2n) is 7.14. The number of anilines is 2. The van der Waals surface area contributed by atoms with E-state index in [1.54, 1.807) is 6.20 Å². The number of pyridine rings is 1. The Bertz CT molecular complexity index is 813. The van der Waals surface area contributed by atoms with Crippen molar-refractivity contribution in [2.45, 2.75) is 25.9 Å². The Hall–Kier alpha value is -1.74. The highest BCUT2D eigenvalue weighted by molar-refractivity contribution is 14.0. The van der Waals surface area contributed by atoms with Crippen molar-refractivity contribution >= 4 is 53.0 Å². The first-order valence-corrected chi connectivity index (χ1v) is 10.1. The van der Waals surface area contributed by atoms with E-state index in [1.165, 1.54) is 11.3 Å². The summed E-state index contributed by atoms with van der Waals surface area (Å²) in [7, 11) is 4.10. The van der Waals surface area contributed by atoms with Crippen molar-refractivity contribution in [2.75, 3.05) is 43.5 Å². The Morgan fingerprint density at radius 2 is 2.14 bits per heavy atom. The molecule has 1 aliphatic rings. The maximum Gasteiger partial charge on any atom is 0.191 e. The van der Waals surface area contributed by atoms with E-state index in [-0.39, 0.29) is 24.0 Å². The molecule has 0 amide bonds. The van der Waals surface area contributed by atoms with Gasteiger partial charge in [-0.1, -0.05) is 23.7 Å². The summed E-state index contributed by atoms with van der Waals surface area (Å²) in [6, 6.07) is 12.5. The molecule has 8 heteroatoms. The lowest BCUT2D eigenvalue weighted by atomic mass is 10.2. The summed E-state index contributed by atoms with van der Waals surface area (Å²) >= 11 is 6.30. The summed E-state index contributed by atoms with van der Waals surface area (Å²) in [6.07, 6.45) is 2.81. The van der Waals surface area contributed by atoms with Crippen molar-refractivity contribution in [3.63, 3.8) is 0 Å². The van der Waals surface area contributed by atoms with Crippen molar-refractivity contribution in [3.05, 3.63) is 53.2 Å². The summed E-state index contributed by atoms with van der Waals surface area (Å²) < 4.78 is 0. The molecule has 2 N–H and O–H groups in total. The molecule has 0 saturated carbocycles. The largest absolute Gasteiger partial charge is 0.378 e. The second-order valence-corrected chi connectivity index (χ2v) is 7.55. The maximum atomic E-state index is 6.30. The van der Waals surface area contributed by atoms with Crippen LogP contribution in [-0.4, -0.2) is 50.7 Å². The Morgan fingerprint density at radius 3 is 2.86 bits per heavy atom. The van der Waals surface area contributed by atoms with E-state index in [0.717, 1.165) is 37.8 Å². The van der Waals surface area contributed by atoms with Crippen LogP contribution in [0.5, 0.6) is 0 Å². The summed E-state index contributed by atoms with van der Waals surface area (Å²) in [4.78, 5) is 13.5. The van der Waals surface area contributed by atoms with E-state index >= 15 is 0 Å². The van der Waals surface area contributed by atoms with E-state index in [4.69, 9.17) is 16.6 Å². The van der Waals surface area contributed by atoms with E-state index in [0.29, 0.717) is 17.6 Å². The smallest absolute Gasteiger partial charge is 0.191 e. The lowest BCUT2D eigenvalue weighted by Crippen LogP contribution is -2.44. The maximum absolute atomic E-state index is 6.30. The van der Waals surface area contributed by atoms with Crippen molar-refractivity contribution in [1.29, 1.82) is 0 Å². The molecule has 3 rings (SSSR count). The van der Waals surface area contributed by atoms with Crippen molar-refractivity contribution in [3.8, 4) is 0 Å². The molecular weight excluding hydrogens is 499 g/mol. The van der Waals surface area contributed by atoms with Gasteiger partial charge in [0.05, 0.1) is 11.6 Å². The van der Waals surface area contributed by atoms with E-state index in [9.17, 15) is 0 Å². The molecule has 6 nitrogen and oxygen atoms in total. The van der Waals surface area contributed by atoms with Crippen LogP contribution in [0.4, 0.5) is 11.5 Å². The number of hydrogen-bond donors (Lipinski definition) is 2. The third-order valence-corrected chi connectivity index (χ3v) is 5.05. The van der Waals surface area contributed by atoms with Crippen LogP contribution in [0.1, 0.15) is 18.9 Å². The molecule has 0 bridgehead atoms. The van der Waals surface area contributed by atoms with E-state index in [2.05, 4.69) is 56.6 Å². The zero-order valence-corrected chi connectivity index (χ0v) is 20.3. The molecule has 29 heavy (non-hydrogen) atoms. The fourth-order valence-corrected chi connectivity index (χ4v) is 3.54. The van der Waals surface area contributed by atoms with Gasteiger partial charge >= 0.3 is 0 Å². The minimum atomic E-state index is 0. The number of guanidine groups is 1. The van der Waals surface area contributed by atoms with Crippen LogP contribution in [0.15, 0.2) is 47.6 Å². The van der Waals surface area contributed by atoms with Crippen LogP contribution in [-0.2, 0) is 6.54 Å². The van der Waals surface area contributed by atoms with Gasteiger partial charge in [-0.2, -0.15) is 0 Å². The van der Waals surface area contributed by atoms with Crippen LogP contribution >= 0.6 is 35.6 Å². The monoisotopic (exact) mass is 528 g/mol. The molecule has 1 aromatic heterocycles. The van der Waals surface area contributed by atoms with Gasteiger partial charge in [0, 0.05) is 51.7 Å². The molecule has 0 aliphatic carbocycles. The van der Waals surface area contributed by atoms with Gasteiger partial charge in [0.15, 0.2) is 5.96 Å². The minimum Gasteiger partial charge on any atom is -0.378 e. The zero-order chi connectivity index (χ0) is 19.9. The van der Waals surface area contributed by atoms with Gasteiger partial charge in [-0.15, -0.1) is 24.0 Å². The summed E-state index contributed by atoms with van der Waals surface area (Å²) in [5, 5.41) is 7.61. The first-order valence-electron chi connectivity index (χ1n) is 9.73. The van der Waals surface area contributed by atoms with Crippen molar-refractivity contribution in [1.82, 2.24) is 15.6 Å². The van der Waals surface area contributed by atoms with Crippen LogP contribution in [0.25, 0.3) is 0 Å². The van der Waals surface area contributed by atoms with E-state index in [1.807, 2.05) is 26.2 Å². The number of aromatic nitrogens is 1. The number of nitrogens with one attached hydrogen (secondary N) is 2. The topological polar surface area (TPSA) is 55.8 Å². The number of halogens is 2. The highest BCUT2D eigenvalue weighted by Gasteiger charge is 2.25. The molecular formula is C21H30ClIN6. The Kier molecular flexibility index (Phi) is 9.29. The van der Waals surface area contributed by atoms with Gasteiger partial charge < -0.3 is 20.4 Å². The zero-order valence-electron chi connectivity index (χ0n) is 17.2. The molecule has 0 spiro atoms. The highest BCUT2D eigenvalue weighted by Crippen LogP contribution is 2.25. The quantitative estimate of drug-likeness (QED) is 0.340. The molecule has 1 atom stereocenters. The molecule has 1 aromatic carbocycles. The second kappa shape index (κ2) is 11.4. The number of benzene rings is 1. The van der Waals surface area contributed by atoms with Gasteiger partial charge in [0.2, 0.25) is 0 Å². The molecule has 1 saturated heterocycles. The van der Waals surface area contributed by atoms with Crippen molar-refractivity contribution < 1.29 is 0 Å². The van der Waals surface area contributed by atoms with Crippen LogP contribution in [0, 0.1) is 0 Å². The lowest BCUT2D eigenvalue weighted by molar-refractivity contribution is 0.649. The highest BCUT2D eigenvalue weighted by atomic mass is 127. The van der Waals surface area contributed by atoms with Crippen LogP contribution in [0.3, 0.4) is 0 Å². The molecule has 1 unspecified atom stereocenters. The fraction of sp³-hybridized carbons (Fsp3) is 0.429. The van der Waals surface area contributed by atoms with Gasteiger partial charge in [0.25, 0.3) is 0 Å². The van der Waals surface area contributed by atoms with Crippen LogP contribution in [0.2, 0.25) is 5.02 Å². The predicted octanol–water partition coefficient (Wildman–Crippen LogP) is 3.75. The standard InChI is InChI=1S/C21H29ClN6.HI/c1-4-23-21(25-14-16-7-5-8-18(13-16)27(2)3)26-17-10-12-28(15-17)20-19(22)9-6-11-24-20;/h5-9,11,13,17H,4,10,12,14-15H2,1-3H3,(H2,23,25,26);1H. The Morgan fingerprint density at radius 1 is 1.31 bits per heavy atom. The third-order valence-electron chi connectivity index (χ3n) is 4.76. The predicted molar refractivity (Wildman–Crippen MR) is 134 cm³/mol. The first-order chi connectivity index (χ1) is 13.6. The third kappa shape index (κ3) is 6.64. The number of nitrogens with zero attached hydrogens (tertiary/aromatic N) is 4. The molecule has 1 fully saturated rings. The number of aliphatic imine (C=N–C) groups is 1. The minimum absolute atomic E-state index is 0. The molecule has 2 heterocycles. The Labute approximate surface area is 195 Å². The van der Waals surface area contributed by atoms with E-state index < -0.39 is 0 Å². The fourth-order valence-electron chi connectivity index (χ4n) is 3.30. The van der Waals surface area contributed by atoms with Crippen LogP contribution < -0.4 is 20.4 Å².